The maximum Gasteiger partial charge on any atom is 0.0573 e. The summed E-state index contributed by atoms with van der Waals surface area (Å²) in [4.78, 5) is 6.87. The minimum atomic E-state index is 0. The molecule has 2 rings (SSSR count). The van der Waals surface area contributed by atoms with Gasteiger partial charge in [0.25, 0.3) is 0 Å². The van der Waals surface area contributed by atoms with Gasteiger partial charge in [0.1, 0.15) is 0 Å². The fourth-order valence-corrected chi connectivity index (χ4v) is 2.14. The molecule has 0 radical (unpaired) electrons. The van der Waals surface area contributed by atoms with Crippen LogP contribution in [0.4, 0.5) is 0 Å². The van der Waals surface area contributed by atoms with E-state index in [1.165, 1.54) is 17.7 Å². The molecule has 2 N–H and O–H groups in total. The summed E-state index contributed by atoms with van der Waals surface area (Å²) in [6.07, 6.45) is 3.11. The van der Waals surface area contributed by atoms with E-state index in [4.69, 9.17) is 5.73 Å². The minimum Gasteiger partial charge on any atom is -0.330 e. The van der Waals surface area contributed by atoms with Gasteiger partial charge in [-0.15, -0.1) is 12.4 Å². The number of likely N-dealkylation sites (tertiary alicyclic amines) is 1. The zero-order valence-corrected chi connectivity index (χ0v) is 10.5. The highest BCUT2D eigenvalue weighted by Crippen LogP contribution is 2.17. The van der Waals surface area contributed by atoms with Crippen molar-refractivity contribution in [2.75, 3.05) is 19.6 Å². The molecule has 2 heterocycles. The van der Waals surface area contributed by atoms with Crippen LogP contribution >= 0.6 is 12.4 Å². The van der Waals surface area contributed by atoms with E-state index < -0.39 is 0 Å². The van der Waals surface area contributed by atoms with Gasteiger partial charge < -0.3 is 5.73 Å². The van der Waals surface area contributed by atoms with Crippen molar-refractivity contribution in [2.45, 2.75) is 19.9 Å². The second-order valence-electron chi connectivity index (χ2n) is 4.39. The maximum atomic E-state index is 5.68. The molecule has 1 aliphatic rings. The third kappa shape index (κ3) is 3.17. The van der Waals surface area contributed by atoms with Crippen molar-refractivity contribution in [2.24, 2.45) is 11.7 Å². The van der Waals surface area contributed by atoms with Crippen molar-refractivity contribution in [1.82, 2.24) is 9.88 Å². The van der Waals surface area contributed by atoms with Gasteiger partial charge in [0.05, 0.1) is 5.69 Å². The van der Waals surface area contributed by atoms with Crippen LogP contribution in [0.25, 0.3) is 0 Å². The van der Waals surface area contributed by atoms with Crippen LogP contribution in [0, 0.1) is 12.8 Å². The number of nitrogens with two attached hydrogens (primary N) is 1. The van der Waals surface area contributed by atoms with Crippen molar-refractivity contribution in [3.63, 3.8) is 0 Å². The van der Waals surface area contributed by atoms with Crippen molar-refractivity contribution in [3.8, 4) is 0 Å². The minimum absolute atomic E-state index is 0. The predicted molar refractivity (Wildman–Crippen MR) is 68.7 cm³/mol. The van der Waals surface area contributed by atoms with Crippen LogP contribution < -0.4 is 5.73 Å². The van der Waals surface area contributed by atoms with E-state index >= 15 is 0 Å². The third-order valence-electron chi connectivity index (χ3n) is 3.19. The van der Waals surface area contributed by atoms with E-state index in [9.17, 15) is 0 Å². The van der Waals surface area contributed by atoms with Crippen LogP contribution in [0.2, 0.25) is 0 Å². The Morgan fingerprint density at radius 2 is 2.38 bits per heavy atom. The first-order valence-corrected chi connectivity index (χ1v) is 5.62. The quantitative estimate of drug-likeness (QED) is 0.874. The number of aromatic nitrogens is 1. The Labute approximate surface area is 103 Å². The summed E-state index contributed by atoms with van der Waals surface area (Å²) in [5, 5.41) is 0. The fourth-order valence-electron chi connectivity index (χ4n) is 2.14. The van der Waals surface area contributed by atoms with Crippen molar-refractivity contribution in [1.29, 1.82) is 0 Å². The molecule has 0 amide bonds. The number of nitrogens with zero attached hydrogens (tertiary/aromatic N) is 2. The van der Waals surface area contributed by atoms with Gasteiger partial charge in [-0.25, -0.2) is 0 Å². The molecular formula is C12H20ClN3. The summed E-state index contributed by atoms with van der Waals surface area (Å²) >= 11 is 0. The lowest BCUT2D eigenvalue weighted by Crippen LogP contribution is -2.23. The lowest BCUT2D eigenvalue weighted by molar-refractivity contribution is 0.313. The Kier molecular flexibility index (Phi) is 5.19. The molecule has 16 heavy (non-hydrogen) atoms. The summed E-state index contributed by atoms with van der Waals surface area (Å²) in [6.45, 7) is 6.21. The molecule has 0 bridgehead atoms. The first-order valence-electron chi connectivity index (χ1n) is 5.62. The zero-order valence-electron chi connectivity index (χ0n) is 9.72. The highest BCUT2D eigenvalue weighted by molar-refractivity contribution is 5.85. The third-order valence-corrected chi connectivity index (χ3v) is 3.19. The summed E-state index contributed by atoms with van der Waals surface area (Å²) in [7, 11) is 0. The van der Waals surface area contributed by atoms with Crippen LogP contribution in [0.15, 0.2) is 18.3 Å². The lowest BCUT2D eigenvalue weighted by atomic mass is 10.1. The van der Waals surface area contributed by atoms with Gasteiger partial charge in [0.2, 0.25) is 0 Å². The van der Waals surface area contributed by atoms with Gasteiger partial charge in [0, 0.05) is 19.3 Å². The first kappa shape index (κ1) is 13.4. The molecule has 1 aliphatic heterocycles. The van der Waals surface area contributed by atoms with Crippen LogP contribution in [0.3, 0.4) is 0 Å². The Balaban J connectivity index is 0.00000128. The topological polar surface area (TPSA) is 42.2 Å². The van der Waals surface area contributed by atoms with E-state index in [-0.39, 0.29) is 12.4 Å². The molecular weight excluding hydrogens is 222 g/mol. The molecule has 90 valence electrons. The second-order valence-corrected chi connectivity index (χ2v) is 4.39. The van der Waals surface area contributed by atoms with E-state index in [1.54, 1.807) is 0 Å². The Hall–Kier alpha value is -0.640. The normalized spacial score (nSPS) is 20.8. The van der Waals surface area contributed by atoms with Gasteiger partial charge >= 0.3 is 0 Å². The maximum absolute atomic E-state index is 5.68. The zero-order chi connectivity index (χ0) is 10.7. The number of aryl methyl sites for hydroxylation is 1. The molecule has 3 nitrogen and oxygen atoms in total. The van der Waals surface area contributed by atoms with Crippen molar-refractivity contribution < 1.29 is 0 Å². The van der Waals surface area contributed by atoms with Crippen LogP contribution in [-0.2, 0) is 6.54 Å². The highest BCUT2D eigenvalue weighted by atomic mass is 35.5. The smallest absolute Gasteiger partial charge is 0.0573 e. The molecule has 0 aliphatic carbocycles. The van der Waals surface area contributed by atoms with Gasteiger partial charge in [0.15, 0.2) is 0 Å². The first-order chi connectivity index (χ1) is 7.29. The monoisotopic (exact) mass is 241 g/mol. The van der Waals surface area contributed by atoms with E-state index in [2.05, 4.69) is 22.9 Å². The highest BCUT2D eigenvalue weighted by Gasteiger charge is 2.21. The summed E-state index contributed by atoms with van der Waals surface area (Å²) in [5.41, 5.74) is 8.17. The molecule has 1 aromatic rings. The number of hydrogen-bond donors (Lipinski definition) is 1. The van der Waals surface area contributed by atoms with E-state index in [1.807, 2.05) is 12.3 Å². The second kappa shape index (κ2) is 6.18. The fraction of sp³-hybridized carbons (Fsp3) is 0.583. The van der Waals surface area contributed by atoms with Crippen LogP contribution in [-0.4, -0.2) is 29.5 Å². The van der Waals surface area contributed by atoms with Gasteiger partial charge in [-0.05, 0) is 44.0 Å². The molecule has 1 atom stereocenters. The largest absolute Gasteiger partial charge is 0.330 e. The number of hydrogen-bond acceptors (Lipinski definition) is 3. The number of rotatable bonds is 3. The molecule has 1 saturated heterocycles. The molecule has 0 spiro atoms. The summed E-state index contributed by atoms with van der Waals surface area (Å²) in [6, 6.07) is 4.12. The average Bonchev–Trinajstić information content (AvgIpc) is 2.69. The molecule has 1 fully saturated rings. The van der Waals surface area contributed by atoms with Gasteiger partial charge in [-0.1, -0.05) is 6.07 Å². The molecule has 0 saturated carbocycles. The molecule has 1 unspecified atom stereocenters. The Morgan fingerprint density at radius 3 is 3.00 bits per heavy atom. The van der Waals surface area contributed by atoms with Gasteiger partial charge in [-0.2, -0.15) is 0 Å². The van der Waals surface area contributed by atoms with Crippen LogP contribution in [0.5, 0.6) is 0 Å². The van der Waals surface area contributed by atoms with Gasteiger partial charge in [-0.3, -0.25) is 9.88 Å². The average molecular weight is 242 g/mol. The SMILES string of the molecule is Cc1cccnc1CN1CCC(CN)C1.Cl. The number of pyridine rings is 1. The van der Waals surface area contributed by atoms with E-state index in [0.717, 1.165) is 26.2 Å². The van der Waals surface area contributed by atoms with Crippen molar-refractivity contribution in [3.05, 3.63) is 29.6 Å². The Morgan fingerprint density at radius 1 is 1.56 bits per heavy atom. The standard InChI is InChI=1S/C12H19N3.ClH/c1-10-3-2-5-14-12(10)9-15-6-4-11(7-13)8-15;/h2-3,5,11H,4,6-9,13H2,1H3;1H. The lowest BCUT2D eigenvalue weighted by Gasteiger charge is -2.16. The molecule has 4 heteroatoms. The summed E-state index contributed by atoms with van der Waals surface area (Å²) < 4.78 is 0. The summed E-state index contributed by atoms with van der Waals surface area (Å²) in [5.74, 6) is 0.689. The Bertz CT molecular complexity index is 330. The number of halogens is 1. The molecule has 1 aromatic heterocycles. The predicted octanol–water partition coefficient (Wildman–Crippen LogP) is 1.59. The van der Waals surface area contributed by atoms with Crippen molar-refractivity contribution >= 4 is 12.4 Å². The van der Waals surface area contributed by atoms with Crippen LogP contribution in [0.1, 0.15) is 17.7 Å². The molecule has 0 aromatic carbocycles. The van der Waals surface area contributed by atoms with E-state index in [0.29, 0.717) is 5.92 Å².